The number of methoxy groups -OCH3 is 1. The number of ether oxygens (including phenoxy) is 1. The zero-order valence-electron chi connectivity index (χ0n) is 23.0. The number of nitrogens with one attached hydrogen (secondary N) is 1. The van der Waals surface area contributed by atoms with E-state index in [4.69, 9.17) is 4.74 Å². The van der Waals surface area contributed by atoms with Crippen LogP contribution in [0.1, 0.15) is 56.1 Å². The Kier molecular flexibility index (Phi) is 7.61. The Hall–Kier alpha value is -3.13. The lowest BCUT2D eigenvalue weighted by molar-refractivity contribution is -0.121. The maximum Gasteiger partial charge on any atom is 0.321 e. The molecule has 204 valence electrons. The molecule has 2 aliphatic carbocycles. The molecule has 2 aromatic rings. The molecule has 1 saturated heterocycles. The molecule has 0 bridgehead atoms. The molecule has 8 nitrogen and oxygen atoms in total. The molecule has 5 rings (SSSR count). The Balaban J connectivity index is 1.30. The van der Waals surface area contributed by atoms with Gasteiger partial charge in [-0.15, -0.1) is 0 Å². The van der Waals surface area contributed by atoms with Gasteiger partial charge in [-0.3, -0.25) is 9.69 Å². The van der Waals surface area contributed by atoms with Crippen LogP contribution < -0.4 is 10.1 Å². The fraction of sp³-hybridized carbons (Fsp3) is 0.567. The van der Waals surface area contributed by atoms with Gasteiger partial charge in [-0.2, -0.15) is 0 Å². The van der Waals surface area contributed by atoms with Crippen LogP contribution in [0.5, 0.6) is 5.88 Å². The maximum absolute atomic E-state index is 13.8. The number of carbonyl (C=O) groups excluding carboxylic acids is 2. The molecule has 1 N–H and O–H groups in total. The van der Waals surface area contributed by atoms with Crippen LogP contribution in [-0.4, -0.2) is 78.0 Å². The number of pyridine rings is 1. The fourth-order valence-corrected chi connectivity index (χ4v) is 6.68. The summed E-state index contributed by atoms with van der Waals surface area (Å²) in [6, 6.07) is 14.5. The van der Waals surface area contributed by atoms with Crippen LogP contribution in [0.2, 0.25) is 0 Å². The van der Waals surface area contributed by atoms with Crippen LogP contribution in [0.3, 0.4) is 0 Å². The molecule has 3 aliphatic rings. The van der Waals surface area contributed by atoms with Gasteiger partial charge in [0.25, 0.3) is 0 Å². The molecule has 1 aliphatic heterocycles. The van der Waals surface area contributed by atoms with E-state index < -0.39 is 0 Å². The van der Waals surface area contributed by atoms with Gasteiger partial charge in [-0.1, -0.05) is 42.8 Å². The second-order valence-corrected chi connectivity index (χ2v) is 11.5. The highest BCUT2D eigenvalue weighted by molar-refractivity contribution is 5.86. The van der Waals surface area contributed by atoms with E-state index in [9.17, 15) is 9.59 Å². The van der Waals surface area contributed by atoms with Gasteiger partial charge in [0, 0.05) is 36.9 Å². The molecule has 3 fully saturated rings. The summed E-state index contributed by atoms with van der Waals surface area (Å²) in [4.78, 5) is 37.2. The zero-order valence-corrected chi connectivity index (χ0v) is 23.0. The number of hydrogen-bond donors (Lipinski definition) is 1. The standard InChI is InChI=1S/C30H41N5O3/c1-33(2)30(25-12-5-4-6-13-25)16-14-29(15-17-30)22-34(28(37)35(29)20-23-9-7-10-23)21-26(36)32-19-24-11-8-18-31-27(24)38-3/h4-6,8,11-13,18,23H,7,9-10,14-17,19-22H2,1-3H3,(H,32,36)/t29-,30+. The van der Waals surface area contributed by atoms with Crippen molar-refractivity contribution in [1.82, 2.24) is 25.0 Å². The SMILES string of the molecule is COc1ncccc1CNC(=O)CN1C[C@]2(CC[C@](c3ccccc3)(N(C)C)CC2)N(CC2CCC2)C1=O. The Bertz CT molecular complexity index is 1130. The van der Waals surface area contributed by atoms with E-state index in [1.54, 1.807) is 18.2 Å². The van der Waals surface area contributed by atoms with Crippen LogP contribution in [-0.2, 0) is 16.9 Å². The predicted molar refractivity (Wildman–Crippen MR) is 147 cm³/mol. The van der Waals surface area contributed by atoms with Crippen LogP contribution in [0, 0.1) is 5.92 Å². The fourth-order valence-electron chi connectivity index (χ4n) is 6.68. The van der Waals surface area contributed by atoms with E-state index in [1.165, 1.54) is 24.8 Å². The molecule has 0 radical (unpaired) electrons. The van der Waals surface area contributed by atoms with Gasteiger partial charge in [-0.05, 0) is 70.2 Å². The summed E-state index contributed by atoms with van der Waals surface area (Å²) in [6.45, 7) is 1.81. The highest BCUT2D eigenvalue weighted by Crippen LogP contribution is 2.49. The topological polar surface area (TPSA) is 78.0 Å². The summed E-state index contributed by atoms with van der Waals surface area (Å²) in [5, 5.41) is 2.96. The number of hydrogen-bond acceptors (Lipinski definition) is 5. The molecule has 2 saturated carbocycles. The lowest BCUT2D eigenvalue weighted by atomic mass is 9.68. The summed E-state index contributed by atoms with van der Waals surface area (Å²) in [5.74, 6) is 0.922. The average Bonchev–Trinajstić information content (AvgIpc) is 3.15. The second kappa shape index (κ2) is 10.9. The largest absolute Gasteiger partial charge is 0.481 e. The molecule has 38 heavy (non-hydrogen) atoms. The summed E-state index contributed by atoms with van der Waals surface area (Å²) >= 11 is 0. The van der Waals surface area contributed by atoms with Crippen LogP contribution >= 0.6 is 0 Å². The van der Waals surface area contributed by atoms with Crippen LogP contribution in [0.4, 0.5) is 4.79 Å². The Morgan fingerprint density at radius 1 is 1.11 bits per heavy atom. The molecule has 0 atom stereocenters. The normalized spacial score (nSPS) is 25.6. The van der Waals surface area contributed by atoms with Crippen molar-refractivity contribution in [2.45, 2.75) is 62.6 Å². The minimum Gasteiger partial charge on any atom is -0.481 e. The molecule has 0 unspecified atom stereocenters. The Labute approximate surface area is 226 Å². The van der Waals surface area contributed by atoms with Gasteiger partial charge < -0.3 is 19.9 Å². The molecular weight excluding hydrogens is 478 g/mol. The van der Waals surface area contributed by atoms with Crippen molar-refractivity contribution < 1.29 is 14.3 Å². The summed E-state index contributed by atoms with van der Waals surface area (Å²) in [7, 11) is 5.91. The number of urea groups is 1. The molecular formula is C30H41N5O3. The second-order valence-electron chi connectivity index (χ2n) is 11.5. The minimum absolute atomic E-state index is 0.0167. The molecule has 1 aromatic heterocycles. The van der Waals surface area contributed by atoms with Gasteiger partial charge >= 0.3 is 6.03 Å². The smallest absolute Gasteiger partial charge is 0.321 e. The van der Waals surface area contributed by atoms with E-state index in [-0.39, 0.29) is 29.6 Å². The van der Waals surface area contributed by atoms with E-state index in [2.05, 4.69) is 64.5 Å². The molecule has 2 heterocycles. The first kappa shape index (κ1) is 26.5. The lowest BCUT2D eigenvalue weighted by Crippen LogP contribution is -2.56. The summed E-state index contributed by atoms with van der Waals surface area (Å²) in [6.07, 6.45) is 9.14. The first-order chi connectivity index (χ1) is 18.4. The number of rotatable bonds is 9. The summed E-state index contributed by atoms with van der Waals surface area (Å²) < 4.78 is 5.30. The number of nitrogens with zero attached hydrogens (tertiary/aromatic N) is 4. The highest BCUT2D eigenvalue weighted by Gasteiger charge is 2.55. The number of aromatic nitrogens is 1. The van der Waals surface area contributed by atoms with E-state index in [1.807, 2.05) is 12.1 Å². The van der Waals surface area contributed by atoms with Crippen molar-refractivity contribution in [2.75, 3.05) is 40.8 Å². The quantitative estimate of drug-likeness (QED) is 0.542. The van der Waals surface area contributed by atoms with Crippen molar-refractivity contribution in [3.05, 3.63) is 59.8 Å². The minimum atomic E-state index is -0.214. The van der Waals surface area contributed by atoms with Crippen LogP contribution in [0.25, 0.3) is 0 Å². The van der Waals surface area contributed by atoms with Crippen molar-refractivity contribution >= 4 is 11.9 Å². The summed E-state index contributed by atoms with van der Waals surface area (Å²) in [5.41, 5.74) is 1.91. The molecule has 3 amide bonds. The molecule has 1 spiro atoms. The monoisotopic (exact) mass is 519 g/mol. The third-order valence-electron chi connectivity index (χ3n) is 9.25. The number of benzene rings is 1. The van der Waals surface area contributed by atoms with Crippen molar-refractivity contribution in [3.63, 3.8) is 0 Å². The number of amides is 3. The van der Waals surface area contributed by atoms with E-state index in [0.29, 0.717) is 24.9 Å². The third kappa shape index (κ3) is 4.98. The van der Waals surface area contributed by atoms with Crippen LogP contribution in [0.15, 0.2) is 48.7 Å². The maximum atomic E-state index is 13.8. The first-order valence-electron chi connectivity index (χ1n) is 13.9. The van der Waals surface area contributed by atoms with E-state index >= 15 is 0 Å². The van der Waals surface area contributed by atoms with Gasteiger partial charge in [0.15, 0.2) is 0 Å². The predicted octanol–water partition coefficient (Wildman–Crippen LogP) is 4.01. The van der Waals surface area contributed by atoms with Gasteiger partial charge in [-0.25, -0.2) is 9.78 Å². The third-order valence-corrected chi connectivity index (χ3v) is 9.25. The number of carbonyl (C=O) groups is 2. The van der Waals surface area contributed by atoms with E-state index in [0.717, 1.165) is 37.8 Å². The van der Waals surface area contributed by atoms with Gasteiger partial charge in [0.1, 0.15) is 6.54 Å². The van der Waals surface area contributed by atoms with Gasteiger partial charge in [0.05, 0.1) is 12.6 Å². The van der Waals surface area contributed by atoms with Gasteiger partial charge in [0.2, 0.25) is 11.8 Å². The molecule has 1 aromatic carbocycles. The lowest BCUT2D eigenvalue weighted by Gasteiger charge is -2.51. The van der Waals surface area contributed by atoms with Crippen molar-refractivity contribution in [1.29, 1.82) is 0 Å². The molecule has 8 heteroatoms. The first-order valence-corrected chi connectivity index (χ1v) is 13.9. The average molecular weight is 520 g/mol. The van der Waals surface area contributed by atoms with Crippen molar-refractivity contribution in [2.24, 2.45) is 5.92 Å². The van der Waals surface area contributed by atoms with Crippen molar-refractivity contribution in [3.8, 4) is 5.88 Å². The highest BCUT2D eigenvalue weighted by atomic mass is 16.5. The zero-order chi connectivity index (χ0) is 26.8. The Morgan fingerprint density at radius 2 is 1.84 bits per heavy atom. The Morgan fingerprint density at radius 3 is 2.47 bits per heavy atom.